The molecule has 10 heteroatoms. The van der Waals surface area contributed by atoms with Gasteiger partial charge in [0.2, 0.25) is 5.91 Å². The summed E-state index contributed by atoms with van der Waals surface area (Å²) in [6.07, 6.45) is 3.48. The van der Waals surface area contributed by atoms with Gasteiger partial charge >= 0.3 is 0 Å². The minimum atomic E-state index is -3.61. The van der Waals surface area contributed by atoms with Gasteiger partial charge in [-0.15, -0.1) is 0 Å². The van der Waals surface area contributed by atoms with Crippen LogP contribution in [0.3, 0.4) is 0 Å². The summed E-state index contributed by atoms with van der Waals surface area (Å²) in [5.74, 6) is -0.932. The summed E-state index contributed by atoms with van der Waals surface area (Å²) in [5.41, 5.74) is 1.67. The van der Waals surface area contributed by atoms with Crippen LogP contribution in [0.5, 0.6) is 0 Å². The number of rotatable bonds is 8. The first-order valence-corrected chi connectivity index (χ1v) is 13.3. The maximum absolute atomic E-state index is 13.2. The van der Waals surface area contributed by atoms with Gasteiger partial charge in [-0.05, 0) is 66.6 Å². The highest BCUT2D eigenvalue weighted by Gasteiger charge is 2.22. The molecule has 2 aromatic carbocycles. The van der Waals surface area contributed by atoms with Crippen molar-refractivity contribution in [2.45, 2.75) is 24.3 Å². The number of sulfone groups is 1. The lowest BCUT2D eigenvalue weighted by molar-refractivity contribution is -0.118. The number of pyridine rings is 1. The van der Waals surface area contributed by atoms with Crippen LogP contribution in [0.2, 0.25) is 0 Å². The summed E-state index contributed by atoms with van der Waals surface area (Å²) < 4.78 is 40.0. The molecule has 0 N–H and O–H groups in total. The lowest BCUT2D eigenvalue weighted by Gasteiger charge is -2.20. The number of carbonyl (C=O) groups is 1. The topological polar surface area (TPSA) is 80.2 Å². The third-order valence-electron chi connectivity index (χ3n) is 4.94. The van der Waals surface area contributed by atoms with Gasteiger partial charge in [-0.25, -0.2) is 17.8 Å². The van der Waals surface area contributed by atoms with Crippen LogP contribution in [0, 0.1) is 5.82 Å². The Kier molecular flexibility index (Phi) is 7.16. The van der Waals surface area contributed by atoms with E-state index >= 15 is 0 Å². The first-order chi connectivity index (χ1) is 15.8. The van der Waals surface area contributed by atoms with Crippen LogP contribution in [0.25, 0.3) is 10.2 Å². The molecular formula is C23H19BrFN3O3S2. The van der Waals surface area contributed by atoms with Crippen LogP contribution in [-0.4, -0.2) is 30.0 Å². The van der Waals surface area contributed by atoms with E-state index < -0.39 is 15.7 Å². The summed E-state index contributed by atoms with van der Waals surface area (Å²) in [6, 6.07) is 14.1. The average molecular weight is 548 g/mol. The standard InChI is InChI=1S/C23H19BrFN3O3S2/c24-17-3-8-20-21(14-17)32-23(27-20)28(15-16-9-11-26-12-10-16)22(29)2-1-13-33(30,31)19-6-4-18(25)5-7-19/h3-12,14H,1-2,13,15H2. The van der Waals surface area contributed by atoms with Gasteiger partial charge in [0, 0.05) is 23.3 Å². The number of nitrogens with zero attached hydrogens (tertiary/aromatic N) is 3. The highest BCUT2D eigenvalue weighted by atomic mass is 79.9. The van der Waals surface area contributed by atoms with Crippen molar-refractivity contribution < 1.29 is 17.6 Å². The molecule has 2 aromatic heterocycles. The zero-order chi connectivity index (χ0) is 23.4. The van der Waals surface area contributed by atoms with Crippen molar-refractivity contribution in [2.75, 3.05) is 10.7 Å². The van der Waals surface area contributed by atoms with E-state index in [9.17, 15) is 17.6 Å². The second kappa shape index (κ2) is 10.1. The number of carbonyl (C=O) groups excluding carboxylic acids is 1. The Morgan fingerprint density at radius 3 is 2.52 bits per heavy atom. The van der Waals surface area contributed by atoms with Crippen LogP contribution in [0.1, 0.15) is 18.4 Å². The third kappa shape index (κ3) is 5.82. The molecule has 4 rings (SSSR count). The van der Waals surface area contributed by atoms with Gasteiger partial charge in [-0.2, -0.15) is 0 Å². The molecule has 0 unspecified atom stereocenters. The predicted octanol–water partition coefficient (Wildman–Crippen LogP) is 5.38. The molecule has 1 amide bonds. The first-order valence-electron chi connectivity index (χ1n) is 10.1. The van der Waals surface area contributed by atoms with Crippen LogP contribution in [0.15, 0.2) is 76.4 Å². The first kappa shape index (κ1) is 23.5. The lowest BCUT2D eigenvalue weighted by atomic mass is 10.2. The number of hydrogen-bond donors (Lipinski definition) is 0. The van der Waals surface area contributed by atoms with Gasteiger partial charge in [0.25, 0.3) is 0 Å². The molecule has 0 bridgehead atoms. The largest absolute Gasteiger partial charge is 0.284 e. The van der Waals surface area contributed by atoms with E-state index in [4.69, 9.17) is 0 Å². The molecule has 0 radical (unpaired) electrons. The van der Waals surface area contributed by atoms with Crippen LogP contribution < -0.4 is 4.90 Å². The minimum Gasteiger partial charge on any atom is -0.284 e. The highest BCUT2D eigenvalue weighted by Crippen LogP contribution is 2.32. The van der Waals surface area contributed by atoms with Crippen LogP contribution in [0.4, 0.5) is 9.52 Å². The monoisotopic (exact) mass is 547 g/mol. The molecule has 6 nitrogen and oxygen atoms in total. The van der Waals surface area contributed by atoms with Gasteiger partial charge < -0.3 is 0 Å². The summed E-state index contributed by atoms with van der Waals surface area (Å²) in [5, 5.41) is 0.548. The molecule has 0 atom stereocenters. The molecule has 0 saturated carbocycles. The number of fused-ring (bicyclic) bond motifs is 1. The fraction of sp³-hybridized carbons (Fsp3) is 0.174. The second-order valence-corrected chi connectivity index (χ2v) is 11.4. The number of halogens is 2. The Balaban J connectivity index is 1.52. The van der Waals surface area contributed by atoms with Crippen molar-refractivity contribution in [1.29, 1.82) is 0 Å². The quantitative estimate of drug-likeness (QED) is 0.276. The molecule has 2 heterocycles. The zero-order valence-corrected chi connectivity index (χ0v) is 20.5. The van der Waals surface area contributed by atoms with Crippen LogP contribution in [-0.2, 0) is 21.2 Å². The minimum absolute atomic E-state index is 0.0329. The maximum atomic E-state index is 13.2. The van der Waals surface area contributed by atoms with E-state index in [1.807, 2.05) is 30.3 Å². The maximum Gasteiger partial charge on any atom is 0.229 e. The second-order valence-electron chi connectivity index (χ2n) is 7.32. The number of thiazole rings is 1. The van der Waals surface area contributed by atoms with Gasteiger partial charge in [0.05, 0.1) is 27.4 Å². The number of amides is 1. The normalized spacial score (nSPS) is 11.6. The summed E-state index contributed by atoms with van der Waals surface area (Å²) in [7, 11) is -3.61. The van der Waals surface area contributed by atoms with E-state index in [2.05, 4.69) is 25.9 Å². The van der Waals surface area contributed by atoms with E-state index in [-0.39, 0.29) is 29.4 Å². The Morgan fingerprint density at radius 1 is 1.06 bits per heavy atom. The van der Waals surface area contributed by atoms with Crippen molar-refractivity contribution in [3.63, 3.8) is 0 Å². The van der Waals surface area contributed by atoms with E-state index in [0.717, 1.165) is 32.4 Å². The molecule has 0 aliphatic heterocycles. The van der Waals surface area contributed by atoms with Crippen molar-refractivity contribution in [3.8, 4) is 0 Å². The Morgan fingerprint density at radius 2 is 1.79 bits per heavy atom. The van der Waals surface area contributed by atoms with Crippen molar-refractivity contribution >= 4 is 58.4 Å². The molecular weight excluding hydrogens is 529 g/mol. The smallest absolute Gasteiger partial charge is 0.229 e. The predicted molar refractivity (Wildman–Crippen MR) is 130 cm³/mol. The van der Waals surface area contributed by atoms with E-state index in [1.165, 1.54) is 23.5 Å². The number of hydrogen-bond acceptors (Lipinski definition) is 6. The van der Waals surface area contributed by atoms with E-state index in [0.29, 0.717) is 11.7 Å². The Bertz CT molecular complexity index is 1380. The Hall–Kier alpha value is -2.69. The molecule has 0 aliphatic rings. The SMILES string of the molecule is O=C(CCCS(=O)(=O)c1ccc(F)cc1)N(Cc1ccncc1)c1nc2ccc(Br)cc2s1. The number of anilines is 1. The van der Waals surface area contributed by atoms with Gasteiger partial charge in [-0.3, -0.25) is 14.7 Å². The highest BCUT2D eigenvalue weighted by molar-refractivity contribution is 9.10. The van der Waals surface area contributed by atoms with Gasteiger partial charge in [0.15, 0.2) is 15.0 Å². The fourth-order valence-electron chi connectivity index (χ4n) is 3.24. The molecule has 33 heavy (non-hydrogen) atoms. The Labute approximate surface area is 203 Å². The molecule has 170 valence electrons. The zero-order valence-electron chi connectivity index (χ0n) is 17.3. The van der Waals surface area contributed by atoms with Crippen LogP contribution >= 0.6 is 27.3 Å². The summed E-state index contributed by atoms with van der Waals surface area (Å²) in [6.45, 7) is 0.299. The van der Waals surface area contributed by atoms with E-state index in [1.54, 1.807) is 17.3 Å². The average Bonchev–Trinajstić information content (AvgIpc) is 3.21. The third-order valence-corrected chi connectivity index (χ3v) is 8.29. The number of aromatic nitrogens is 2. The molecule has 0 fully saturated rings. The molecule has 4 aromatic rings. The summed E-state index contributed by atoms with van der Waals surface area (Å²) >= 11 is 4.85. The fourth-order valence-corrected chi connectivity index (χ4v) is 6.09. The molecule has 0 aliphatic carbocycles. The van der Waals surface area contributed by atoms with Crippen molar-refractivity contribution in [3.05, 3.63) is 82.8 Å². The lowest BCUT2D eigenvalue weighted by Crippen LogP contribution is -2.30. The molecule has 0 saturated heterocycles. The van der Waals surface area contributed by atoms with Crippen molar-refractivity contribution in [1.82, 2.24) is 9.97 Å². The van der Waals surface area contributed by atoms with Gasteiger partial charge in [-0.1, -0.05) is 27.3 Å². The van der Waals surface area contributed by atoms with Crippen molar-refractivity contribution in [2.24, 2.45) is 0 Å². The van der Waals surface area contributed by atoms with Gasteiger partial charge in [0.1, 0.15) is 5.82 Å². The molecule has 0 spiro atoms. The number of benzene rings is 2. The summed E-state index contributed by atoms with van der Waals surface area (Å²) in [4.78, 5) is 23.4.